The molecule has 7 rings (SSSR count). The number of anilines is 2. The lowest BCUT2D eigenvalue weighted by Gasteiger charge is -2.37. The highest BCUT2D eigenvalue weighted by atomic mass is 28.3. The molecule has 0 aliphatic carbocycles. The average molecular weight is 774 g/mol. The molecule has 1 unspecified atom stereocenters. The van der Waals surface area contributed by atoms with E-state index in [2.05, 4.69) is 46.2 Å². The highest BCUT2D eigenvalue weighted by molar-refractivity contribution is 6.91. The number of fused-ring (bicyclic) bond motifs is 2. The molecule has 0 saturated carbocycles. The van der Waals surface area contributed by atoms with E-state index in [9.17, 15) is 35.1 Å². The van der Waals surface area contributed by atoms with Crippen molar-refractivity contribution in [3.05, 3.63) is 95.8 Å². The molecule has 0 radical (unpaired) electrons. The Bertz CT molecular complexity index is 2020. The molecular formula is C39H47N5O10Si. The third-order valence-electron chi connectivity index (χ3n) is 11.6. The van der Waals surface area contributed by atoms with Gasteiger partial charge in [-0.15, -0.1) is 5.10 Å². The van der Waals surface area contributed by atoms with Crippen molar-refractivity contribution < 1.29 is 49.3 Å². The highest BCUT2D eigenvalue weighted by Gasteiger charge is 2.64. The Morgan fingerprint density at radius 1 is 1.04 bits per heavy atom. The van der Waals surface area contributed by atoms with Crippen LogP contribution in [0.15, 0.2) is 79.0 Å². The number of aryl methyl sites for hydroxylation is 1. The zero-order valence-electron chi connectivity index (χ0n) is 30.9. The van der Waals surface area contributed by atoms with Gasteiger partial charge < -0.3 is 50.4 Å². The minimum absolute atomic E-state index is 0.0893. The summed E-state index contributed by atoms with van der Waals surface area (Å²) in [7, 11) is -0.841. The van der Waals surface area contributed by atoms with Crippen LogP contribution in [0.2, 0.25) is 18.6 Å². The Hall–Kier alpha value is -4.52. The number of nitrogens with zero attached hydrogens (tertiary/aromatic N) is 3. The molecule has 3 aliphatic rings. The van der Waals surface area contributed by atoms with E-state index < -0.39 is 56.4 Å². The average Bonchev–Trinajstić information content (AvgIpc) is 3.86. The van der Waals surface area contributed by atoms with Crippen molar-refractivity contribution in [2.45, 2.75) is 86.9 Å². The number of carbonyl (C=O) groups is 2. The predicted octanol–water partition coefficient (Wildman–Crippen LogP) is 1.41. The molecule has 2 amide bonds. The lowest BCUT2D eigenvalue weighted by Crippen LogP contribution is -2.60. The van der Waals surface area contributed by atoms with Gasteiger partial charge in [0.1, 0.15) is 24.1 Å². The molecule has 3 aliphatic heterocycles. The van der Waals surface area contributed by atoms with Crippen LogP contribution in [0, 0.1) is 5.92 Å². The maximum Gasteiger partial charge on any atom is 0.261 e. The lowest BCUT2D eigenvalue weighted by molar-refractivity contribution is -0.274. The Kier molecular flexibility index (Phi) is 10.7. The van der Waals surface area contributed by atoms with E-state index >= 15 is 0 Å². The number of ether oxygens (including phenoxy) is 3. The van der Waals surface area contributed by atoms with Crippen LogP contribution >= 0.6 is 0 Å². The molecule has 1 aromatic heterocycles. The van der Waals surface area contributed by atoms with E-state index in [1.807, 2.05) is 55.6 Å². The topological polar surface area (TPSA) is 218 Å². The first kappa shape index (κ1) is 38.7. The van der Waals surface area contributed by atoms with Gasteiger partial charge in [-0.3, -0.25) is 14.3 Å². The number of aliphatic hydroxyl groups is 5. The molecule has 3 aromatic carbocycles. The van der Waals surface area contributed by atoms with Crippen molar-refractivity contribution in [3.8, 4) is 5.75 Å². The van der Waals surface area contributed by atoms with Gasteiger partial charge in [-0.05, 0) is 47.9 Å². The number of hydrogen-bond donors (Lipinski definition) is 7. The number of methoxy groups -OCH3 is 1. The molecule has 7 N–H and O–H groups in total. The van der Waals surface area contributed by atoms with Crippen molar-refractivity contribution >= 4 is 36.4 Å². The Balaban J connectivity index is 1.20. The smallest absolute Gasteiger partial charge is 0.261 e. The fourth-order valence-corrected chi connectivity index (χ4v) is 12.7. The fourth-order valence-electron chi connectivity index (χ4n) is 8.67. The van der Waals surface area contributed by atoms with Crippen LogP contribution in [0.25, 0.3) is 0 Å². The summed E-state index contributed by atoms with van der Waals surface area (Å²) in [5.41, 5.74) is 1.37. The normalized spacial score (nSPS) is 29.5. The molecule has 16 heteroatoms. The Morgan fingerprint density at radius 3 is 2.45 bits per heavy atom. The molecule has 4 aromatic rings. The molecule has 15 nitrogen and oxygen atoms in total. The van der Waals surface area contributed by atoms with Gasteiger partial charge >= 0.3 is 0 Å². The summed E-state index contributed by atoms with van der Waals surface area (Å²) < 4.78 is 19.4. The van der Waals surface area contributed by atoms with Crippen molar-refractivity contribution in [2.24, 2.45) is 5.92 Å². The third kappa shape index (κ3) is 6.86. The van der Waals surface area contributed by atoms with Crippen LogP contribution < -0.4 is 20.6 Å². The Morgan fingerprint density at radius 2 is 1.76 bits per heavy atom. The van der Waals surface area contributed by atoms with Crippen LogP contribution in [0.3, 0.4) is 0 Å². The minimum atomic E-state index is -2.46. The van der Waals surface area contributed by atoms with Gasteiger partial charge in [0.15, 0.2) is 18.0 Å². The second-order valence-corrected chi connectivity index (χ2v) is 19.8. The summed E-state index contributed by atoms with van der Waals surface area (Å²) in [4.78, 5) is 27.5. The summed E-state index contributed by atoms with van der Waals surface area (Å²) >= 11 is 0. The SMILES string of the molecule is COc1ccc([Si](C)(C)[C@H]2[C@H](CCn3cc(C(CO)c4ccccc4)nn3)O[C@@]3(C(=O)Nc4ccc(NC(=O)[C@H]5O[C@@H](O)[C@H](O)[C@@H](O)[C@@H]5O)cc43)[C@@H]2C)cc1. The van der Waals surface area contributed by atoms with Crippen LogP contribution in [0.5, 0.6) is 5.75 Å². The first-order chi connectivity index (χ1) is 26.3. The zero-order valence-corrected chi connectivity index (χ0v) is 31.9. The third-order valence-corrected chi connectivity index (χ3v) is 16.0. The molecule has 55 heavy (non-hydrogen) atoms. The molecule has 2 fully saturated rings. The maximum absolute atomic E-state index is 14.2. The summed E-state index contributed by atoms with van der Waals surface area (Å²) in [5, 5.41) is 66.3. The maximum atomic E-state index is 14.2. The van der Waals surface area contributed by atoms with Crippen molar-refractivity contribution in [1.29, 1.82) is 0 Å². The predicted molar refractivity (Wildman–Crippen MR) is 202 cm³/mol. The molecule has 292 valence electrons. The van der Waals surface area contributed by atoms with Gasteiger partial charge in [-0.1, -0.05) is 72.9 Å². The number of amides is 2. The number of aromatic nitrogens is 3. The first-order valence-electron chi connectivity index (χ1n) is 18.3. The summed E-state index contributed by atoms with van der Waals surface area (Å²) in [6, 6.07) is 22.6. The molecule has 1 spiro atoms. The van der Waals surface area contributed by atoms with Crippen LogP contribution in [-0.2, 0) is 31.2 Å². The summed E-state index contributed by atoms with van der Waals surface area (Å²) in [6.45, 7) is 6.87. The molecular weight excluding hydrogens is 727 g/mol. The lowest BCUT2D eigenvalue weighted by atomic mass is 9.82. The number of hydrogen-bond acceptors (Lipinski definition) is 12. The molecule has 2 saturated heterocycles. The van der Waals surface area contributed by atoms with E-state index in [1.54, 1.807) is 30.0 Å². The minimum Gasteiger partial charge on any atom is -0.497 e. The molecule has 10 atom stereocenters. The van der Waals surface area contributed by atoms with Gasteiger partial charge in [-0.2, -0.15) is 0 Å². The van der Waals surface area contributed by atoms with Crippen LogP contribution in [0.1, 0.15) is 36.1 Å². The van der Waals surface area contributed by atoms with Crippen molar-refractivity contribution in [2.75, 3.05) is 24.4 Å². The van der Waals surface area contributed by atoms with Crippen molar-refractivity contribution in [3.63, 3.8) is 0 Å². The number of aliphatic hydroxyl groups excluding tert-OH is 5. The zero-order chi connectivity index (χ0) is 39.2. The second kappa shape index (κ2) is 15.2. The quantitative estimate of drug-likeness (QED) is 0.108. The van der Waals surface area contributed by atoms with Gasteiger partial charge in [0.05, 0.1) is 39.5 Å². The van der Waals surface area contributed by atoms with Gasteiger partial charge in [0, 0.05) is 35.6 Å². The highest BCUT2D eigenvalue weighted by Crippen LogP contribution is 2.59. The van der Waals surface area contributed by atoms with E-state index in [-0.39, 0.29) is 35.6 Å². The van der Waals surface area contributed by atoms with E-state index in [0.29, 0.717) is 29.9 Å². The first-order valence-corrected chi connectivity index (χ1v) is 21.4. The Labute approximate surface area is 318 Å². The van der Waals surface area contributed by atoms with Crippen LogP contribution in [0.4, 0.5) is 11.4 Å². The van der Waals surface area contributed by atoms with Gasteiger partial charge in [0.2, 0.25) is 0 Å². The van der Waals surface area contributed by atoms with Gasteiger partial charge in [0.25, 0.3) is 11.8 Å². The number of benzene rings is 3. The number of carbonyl (C=O) groups excluding carboxylic acids is 2. The van der Waals surface area contributed by atoms with E-state index in [1.165, 1.54) is 0 Å². The monoisotopic (exact) mass is 773 g/mol. The van der Waals surface area contributed by atoms with E-state index in [4.69, 9.17) is 14.2 Å². The fraction of sp³-hybridized carbons (Fsp3) is 0.436. The largest absolute Gasteiger partial charge is 0.497 e. The summed E-state index contributed by atoms with van der Waals surface area (Å²) in [6.07, 6.45) is -7.06. The van der Waals surface area contributed by atoms with Gasteiger partial charge in [-0.25, -0.2) is 0 Å². The standard InChI is InChI=1S/C39H47N5O10Si/c1-21-35(55(3,4)25-13-11-24(52-2)12-14-25)30(16-17-44-19-29(42-43-44)26(20-45)22-8-6-5-7-9-22)54-39(21)27-18-23(10-15-28(27)41-38(39)51)40-36(49)34-32(47)31(46)33(48)37(50)53-34/h5-15,18-19,21,26,30-35,37,45-48,50H,16-17,20H2,1-4H3,(H,40,49)(H,41,51)/t21-,26?,30+,31+,32+,33-,34+,35-,37-,39+/m1/s1. The van der Waals surface area contributed by atoms with E-state index in [0.717, 1.165) is 16.5 Å². The van der Waals surface area contributed by atoms with Crippen molar-refractivity contribution in [1.82, 2.24) is 15.0 Å². The number of rotatable bonds is 11. The number of nitrogens with one attached hydrogen (secondary N) is 2. The second-order valence-electron chi connectivity index (χ2n) is 15.1. The van der Waals surface area contributed by atoms with Crippen LogP contribution in [-0.4, -0.2) is 111 Å². The summed E-state index contributed by atoms with van der Waals surface area (Å²) in [5.74, 6) is -1.13. The molecule has 0 bridgehead atoms. The molecule has 4 heterocycles.